The Balaban J connectivity index is 1.34. The van der Waals surface area contributed by atoms with E-state index in [4.69, 9.17) is 14.5 Å². The molecule has 7 heteroatoms. The summed E-state index contributed by atoms with van der Waals surface area (Å²) in [5.41, 5.74) is 2.09. The fourth-order valence-electron chi connectivity index (χ4n) is 3.53. The van der Waals surface area contributed by atoms with Crippen LogP contribution >= 0.6 is 0 Å². The number of nitrogens with one attached hydrogen (secondary N) is 1. The number of ether oxygens (including phenoxy) is 2. The van der Waals surface area contributed by atoms with Gasteiger partial charge < -0.3 is 19.7 Å². The highest BCUT2D eigenvalue weighted by molar-refractivity contribution is 5.78. The highest BCUT2D eigenvalue weighted by Crippen LogP contribution is 2.23. The Hall–Kier alpha value is -2.67. The van der Waals surface area contributed by atoms with Crippen LogP contribution < -0.4 is 14.8 Å². The lowest BCUT2D eigenvalue weighted by Gasteiger charge is -2.28. The van der Waals surface area contributed by atoms with Crippen LogP contribution in [-0.2, 0) is 17.8 Å². The van der Waals surface area contributed by atoms with Crippen LogP contribution in [0.1, 0.15) is 36.0 Å². The molecule has 0 unspecified atom stereocenters. The average Bonchev–Trinajstić information content (AvgIpc) is 3.26. The van der Waals surface area contributed by atoms with Gasteiger partial charge >= 0.3 is 0 Å². The quantitative estimate of drug-likeness (QED) is 0.868. The molecule has 2 aromatic rings. The second-order valence-electron chi connectivity index (χ2n) is 6.88. The molecule has 0 aliphatic carbocycles. The van der Waals surface area contributed by atoms with E-state index in [0.717, 1.165) is 42.2 Å². The third kappa shape index (κ3) is 4.03. The minimum atomic E-state index is -0.0296. The second-order valence-corrected chi connectivity index (χ2v) is 6.88. The molecule has 1 aromatic carbocycles. The highest BCUT2D eigenvalue weighted by Gasteiger charge is 2.25. The Kier molecular flexibility index (Phi) is 5.20. The number of amides is 1. The predicted molar refractivity (Wildman–Crippen MR) is 99.6 cm³/mol. The van der Waals surface area contributed by atoms with Gasteiger partial charge in [0.15, 0.2) is 6.61 Å². The molecule has 0 bridgehead atoms. The van der Waals surface area contributed by atoms with Crippen molar-refractivity contribution < 1.29 is 14.3 Å². The molecule has 1 saturated heterocycles. The van der Waals surface area contributed by atoms with Crippen LogP contribution in [0, 0.1) is 0 Å². The summed E-state index contributed by atoms with van der Waals surface area (Å²) in [6, 6.07) is 7.48. The van der Waals surface area contributed by atoms with E-state index in [2.05, 4.69) is 10.3 Å². The van der Waals surface area contributed by atoms with Crippen LogP contribution in [0.15, 0.2) is 30.5 Å². The summed E-state index contributed by atoms with van der Waals surface area (Å²) in [7, 11) is 1.62. The van der Waals surface area contributed by atoms with Crippen LogP contribution in [0.2, 0.25) is 0 Å². The van der Waals surface area contributed by atoms with Gasteiger partial charge in [-0.2, -0.15) is 0 Å². The van der Waals surface area contributed by atoms with Crippen molar-refractivity contribution in [1.82, 2.24) is 20.2 Å². The third-order valence-corrected chi connectivity index (χ3v) is 5.10. The number of methoxy groups -OCH3 is 1. The van der Waals surface area contributed by atoms with E-state index in [1.165, 1.54) is 6.42 Å². The number of carbonyl (C=O) groups excluding carboxylic acids is 1. The molecule has 7 nitrogen and oxygen atoms in total. The van der Waals surface area contributed by atoms with Gasteiger partial charge in [0.05, 0.1) is 18.8 Å². The fourth-order valence-corrected chi connectivity index (χ4v) is 3.53. The Bertz CT molecular complexity index is 803. The lowest BCUT2D eigenvalue weighted by atomic mass is 10.1. The number of hydrogen-bond donors (Lipinski definition) is 1. The summed E-state index contributed by atoms with van der Waals surface area (Å²) in [5.74, 6) is 2.26. The number of benzene rings is 1. The molecule has 0 spiro atoms. The molecular weight excluding hydrogens is 344 g/mol. The molecule has 0 radical (unpaired) electrons. The number of fused-ring (bicyclic) bond motifs is 1. The maximum Gasteiger partial charge on any atom is 0.260 e. The number of carbonyl (C=O) groups is 1. The standard InChI is InChI=1S/C20H24N4O3/c1-26-15-4-6-16(7-5-15)27-13-19(25)24-10-8-17-14(12-24)11-22-20(23-17)18-3-2-9-21-18/h4-7,11,18,21H,2-3,8-10,12-13H2,1H3/t18-/m0/s1. The van der Waals surface area contributed by atoms with Crippen LogP contribution in [0.3, 0.4) is 0 Å². The van der Waals surface area contributed by atoms with Gasteiger partial charge in [0, 0.05) is 31.3 Å². The molecule has 1 amide bonds. The van der Waals surface area contributed by atoms with Crippen LogP contribution in [0.25, 0.3) is 0 Å². The first-order chi connectivity index (χ1) is 13.2. The topological polar surface area (TPSA) is 76.6 Å². The van der Waals surface area contributed by atoms with Crippen LogP contribution in [0.4, 0.5) is 0 Å². The van der Waals surface area contributed by atoms with E-state index in [9.17, 15) is 4.79 Å². The lowest BCUT2D eigenvalue weighted by molar-refractivity contribution is -0.134. The van der Waals surface area contributed by atoms with Crippen molar-refractivity contribution in [3.05, 3.63) is 47.5 Å². The Morgan fingerprint density at radius 2 is 2.11 bits per heavy atom. The van der Waals surface area contributed by atoms with Crippen molar-refractivity contribution >= 4 is 5.91 Å². The molecular formula is C20H24N4O3. The summed E-state index contributed by atoms with van der Waals surface area (Å²) >= 11 is 0. The Morgan fingerprint density at radius 1 is 1.30 bits per heavy atom. The number of nitrogens with zero attached hydrogens (tertiary/aromatic N) is 3. The minimum absolute atomic E-state index is 0.0204. The summed E-state index contributed by atoms with van der Waals surface area (Å²) in [4.78, 5) is 23.6. The Morgan fingerprint density at radius 3 is 2.85 bits per heavy atom. The maximum absolute atomic E-state index is 12.5. The van der Waals surface area contributed by atoms with Gasteiger partial charge in [-0.1, -0.05) is 0 Å². The normalized spacial score (nSPS) is 18.9. The zero-order valence-corrected chi connectivity index (χ0v) is 15.5. The SMILES string of the molecule is COc1ccc(OCC(=O)N2CCc3nc([C@@H]4CCCN4)ncc3C2)cc1. The van der Waals surface area contributed by atoms with Crippen LogP contribution in [0.5, 0.6) is 11.5 Å². The Labute approximate surface area is 158 Å². The zero-order chi connectivity index (χ0) is 18.6. The van der Waals surface area contributed by atoms with Crippen molar-refractivity contribution in [2.75, 3.05) is 26.8 Å². The minimum Gasteiger partial charge on any atom is -0.497 e. The molecule has 1 atom stereocenters. The van der Waals surface area contributed by atoms with E-state index < -0.39 is 0 Å². The van der Waals surface area contributed by atoms with Crippen molar-refractivity contribution in [3.8, 4) is 11.5 Å². The fraction of sp³-hybridized carbons (Fsp3) is 0.450. The van der Waals surface area contributed by atoms with Gasteiger partial charge in [-0.05, 0) is 43.7 Å². The first-order valence-electron chi connectivity index (χ1n) is 9.35. The predicted octanol–water partition coefficient (Wildman–Crippen LogP) is 1.87. The molecule has 2 aliphatic rings. The zero-order valence-electron chi connectivity index (χ0n) is 15.5. The highest BCUT2D eigenvalue weighted by atomic mass is 16.5. The third-order valence-electron chi connectivity index (χ3n) is 5.10. The number of aromatic nitrogens is 2. The van der Waals surface area contributed by atoms with E-state index in [1.54, 1.807) is 19.2 Å². The van der Waals surface area contributed by atoms with Crippen molar-refractivity contribution in [1.29, 1.82) is 0 Å². The molecule has 0 saturated carbocycles. The van der Waals surface area contributed by atoms with Crippen molar-refractivity contribution in [2.24, 2.45) is 0 Å². The van der Waals surface area contributed by atoms with Gasteiger partial charge in [-0.15, -0.1) is 0 Å². The molecule has 1 aromatic heterocycles. The molecule has 4 rings (SSSR count). The van der Waals surface area contributed by atoms with Gasteiger partial charge in [-0.3, -0.25) is 4.79 Å². The lowest BCUT2D eigenvalue weighted by Crippen LogP contribution is -2.39. The summed E-state index contributed by atoms with van der Waals surface area (Å²) in [5, 5.41) is 3.43. The summed E-state index contributed by atoms with van der Waals surface area (Å²) in [6.07, 6.45) is 4.89. The molecule has 27 heavy (non-hydrogen) atoms. The van der Waals surface area contributed by atoms with Crippen LogP contribution in [-0.4, -0.2) is 47.6 Å². The first-order valence-corrected chi connectivity index (χ1v) is 9.35. The maximum atomic E-state index is 12.5. The summed E-state index contributed by atoms with van der Waals surface area (Å²) in [6.45, 7) is 2.25. The van der Waals surface area contributed by atoms with Crippen molar-refractivity contribution in [3.63, 3.8) is 0 Å². The molecule has 1 fully saturated rings. The van der Waals surface area contributed by atoms with E-state index >= 15 is 0 Å². The van der Waals surface area contributed by atoms with Crippen molar-refractivity contribution in [2.45, 2.75) is 31.8 Å². The molecule has 1 N–H and O–H groups in total. The average molecular weight is 368 g/mol. The molecule has 2 aliphatic heterocycles. The van der Waals surface area contributed by atoms with Gasteiger partial charge in [0.2, 0.25) is 0 Å². The number of hydrogen-bond acceptors (Lipinski definition) is 6. The summed E-state index contributed by atoms with van der Waals surface area (Å²) < 4.78 is 10.7. The van der Waals surface area contributed by atoms with Gasteiger partial charge in [-0.25, -0.2) is 9.97 Å². The smallest absolute Gasteiger partial charge is 0.260 e. The second kappa shape index (κ2) is 7.92. The van der Waals surface area contributed by atoms with E-state index in [0.29, 0.717) is 18.8 Å². The largest absolute Gasteiger partial charge is 0.497 e. The molecule has 3 heterocycles. The van der Waals surface area contributed by atoms with Gasteiger partial charge in [0.25, 0.3) is 5.91 Å². The first kappa shape index (κ1) is 17.7. The van der Waals surface area contributed by atoms with Gasteiger partial charge in [0.1, 0.15) is 17.3 Å². The monoisotopic (exact) mass is 368 g/mol. The number of rotatable bonds is 5. The molecule has 142 valence electrons. The van der Waals surface area contributed by atoms with E-state index in [-0.39, 0.29) is 18.6 Å². The van der Waals surface area contributed by atoms with E-state index in [1.807, 2.05) is 23.2 Å².